The Morgan fingerprint density at radius 1 is 1.29 bits per heavy atom. The lowest BCUT2D eigenvalue weighted by molar-refractivity contribution is 0.0603. The van der Waals surface area contributed by atoms with Crippen molar-refractivity contribution < 1.29 is 14.3 Å². The zero-order valence-corrected chi connectivity index (χ0v) is 14.4. The minimum Gasteiger partial charge on any atom is -0.465 e. The van der Waals surface area contributed by atoms with Crippen LogP contribution in [0.25, 0.3) is 10.1 Å². The van der Waals surface area contributed by atoms with Crippen LogP contribution < -0.4 is 5.32 Å². The normalized spacial score (nSPS) is 25.6. The van der Waals surface area contributed by atoms with Gasteiger partial charge in [0.05, 0.1) is 17.4 Å². The van der Waals surface area contributed by atoms with E-state index in [1.807, 2.05) is 0 Å². The van der Waals surface area contributed by atoms with Crippen LogP contribution in [0.15, 0.2) is 17.6 Å². The average Bonchev–Trinajstić information content (AvgIpc) is 3.05. The number of fused-ring (bicyclic) bond motifs is 4. The van der Waals surface area contributed by atoms with Gasteiger partial charge in [-0.15, -0.1) is 11.3 Å². The molecular weight excluding hydrogens is 324 g/mol. The van der Waals surface area contributed by atoms with E-state index in [1.54, 1.807) is 17.6 Å². The Bertz CT molecular complexity index is 793. The third-order valence-electron chi connectivity index (χ3n) is 5.46. The summed E-state index contributed by atoms with van der Waals surface area (Å²) in [7, 11) is 1.36. The van der Waals surface area contributed by atoms with Gasteiger partial charge in [0.1, 0.15) is 5.69 Å². The summed E-state index contributed by atoms with van der Waals surface area (Å²) in [5.41, 5.74) is 0.859. The second kappa shape index (κ2) is 6.16. The molecule has 24 heavy (non-hydrogen) atoms. The summed E-state index contributed by atoms with van der Waals surface area (Å²) < 4.78 is 5.68. The van der Waals surface area contributed by atoms with E-state index < -0.39 is 0 Å². The summed E-state index contributed by atoms with van der Waals surface area (Å²) in [5.74, 6) is 0.841. The Balaban J connectivity index is 1.57. The lowest BCUT2D eigenvalue weighted by atomic mass is 9.68. The number of carbonyl (C=O) groups is 2. The van der Waals surface area contributed by atoms with Crippen LogP contribution in [0.1, 0.15) is 53.0 Å². The van der Waals surface area contributed by atoms with Crippen LogP contribution in [0.4, 0.5) is 0 Å². The van der Waals surface area contributed by atoms with E-state index >= 15 is 0 Å². The van der Waals surface area contributed by atoms with E-state index in [4.69, 9.17) is 4.74 Å². The molecule has 1 amide bonds. The SMILES string of the molecule is COC(=O)c1csc2cnc(C(=O)NC3CC4CCC3CC4)cc12. The summed E-state index contributed by atoms with van der Waals surface area (Å²) in [6, 6.07) is 1.97. The first-order valence-corrected chi connectivity index (χ1v) is 9.30. The van der Waals surface area contributed by atoms with Crippen LogP contribution in [0.2, 0.25) is 0 Å². The minimum atomic E-state index is -0.386. The fraction of sp³-hybridized carbons (Fsp3) is 0.500. The molecule has 2 heterocycles. The highest BCUT2D eigenvalue weighted by atomic mass is 32.1. The van der Waals surface area contributed by atoms with Gasteiger partial charge in [-0.05, 0) is 37.2 Å². The van der Waals surface area contributed by atoms with E-state index in [9.17, 15) is 9.59 Å². The molecule has 1 N–H and O–H groups in total. The second-order valence-electron chi connectivity index (χ2n) is 6.80. The monoisotopic (exact) mass is 344 g/mol. The van der Waals surface area contributed by atoms with Crippen molar-refractivity contribution in [3.63, 3.8) is 0 Å². The largest absolute Gasteiger partial charge is 0.465 e. The molecule has 0 aromatic carbocycles. The van der Waals surface area contributed by atoms with Crippen LogP contribution in [-0.4, -0.2) is 30.0 Å². The molecule has 3 saturated carbocycles. The van der Waals surface area contributed by atoms with E-state index in [0.29, 0.717) is 17.2 Å². The zero-order valence-electron chi connectivity index (χ0n) is 13.6. The molecule has 0 saturated heterocycles. The molecule has 126 valence electrons. The molecule has 3 aliphatic rings. The molecule has 0 aliphatic heterocycles. The Morgan fingerprint density at radius 3 is 2.75 bits per heavy atom. The standard InChI is InChI=1S/C18H20N2O3S/c1-23-18(22)13-9-24-16-8-19-15(7-12(13)16)17(21)20-14-6-10-2-4-11(14)5-3-10/h7-11,14H,2-6H2,1H3,(H,20,21). The molecule has 1 atom stereocenters. The van der Waals surface area contributed by atoms with Gasteiger partial charge in [0.25, 0.3) is 5.91 Å². The number of aromatic nitrogens is 1. The number of hydrogen-bond acceptors (Lipinski definition) is 5. The number of nitrogens with zero attached hydrogens (tertiary/aromatic N) is 1. The predicted molar refractivity (Wildman–Crippen MR) is 92.3 cm³/mol. The molecule has 0 radical (unpaired) electrons. The van der Waals surface area contributed by atoms with Crippen molar-refractivity contribution in [2.24, 2.45) is 11.8 Å². The topological polar surface area (TPSA) is 68.3 Å². The Kier molecular flexibility index (Phi) is 4.00. The quantitative estimate of drug-likeness (QED) is 0.867. The van der Waals surface area contributed by atoms with Gasteiger partial charge in [0.2, 0.25) is 0 Å². The number of methoxy groups -OCH3 is 1. The third-order valence-corrected chi connectivity index (χ3v) is 6.40. The fourth-order valence-electron chi connectivity index (χ4n) is 4.12. The zero-order chi connectivity index (χ0) is 16.7. The van der Waals surface area contributed by atoms with E-state index in [0.717, 1.165) is 22.4 Å². The highest BCUT2D eigenvalue weighted by Crippen LogP contribution is 2.41. The van der Waals surface area contributed by atoms with Gasteiger partial charge in [-0.2, -0.15) is 0 Å². The number of thiophene rings is 1. The van der Waals surface area contributed by atoms with Crippen LogP contribution in [0, 0.1) is 11.8 Å². The molecule has 6 heteroatoms. The number of esters is 1. The van der Waals surface area contributed by atoms with Crippen molar-refractivity contribution in [2.75, 3.05) is 7.11 Å². The number of nitrogens with one attached hydrogen (secondary N) is 1. The molecule has 5 rings (SSSR count). The maximum absolute atomic E-state index is 12.6. The van der Waals surface area contributed by atoms with Gasteiger partial charge in [-0.25, -0.2) is 9.78 Å². The molecule has 3 aliphatic carbocycles. The van der Waals surface area contributed by atoms with Gasteiger partial charge in [0.15, 0.2) is 0 Å². The highest BCUT2D eigenvalue weighted by Gasteiger charge is 2.36. The minimum absolute atomic E-state index is 0.142. The number of rotatable bonds is 3. The van der Waals surface area contributed by atoms with Gasteiger partial charge in [-0.1, -0.05) is 12.8 Å². The average molecular weight is 344 g/mol. The van der Waals surface area contributed by atoms with Gasteiger partial charge in [-0.3, -0.25) is 4.79 Å². The molecule has 2 aromatic rings. The number of ether oxygens (including phenoxy) is 1. The Hall–Kier alpha value is -1.95. The van der Waals surface area contributed by atoms with Gasteiger partial charge in [0, 0.05) is 23.0 Å². The van der Waals surface area contributed by atoms with Crippen molar-refractivity contribution in [3.8, 4) is 0 Å². The predicted octanol–water partition coefficient (Wildman–Crippen LogP) is 3.39. The lowest BCUT2D eigenvalue weighted by Gasteiger charge is -2.42. The summed E-state index contributed by atoms with van der Waals surface area (Å²) in [6.07, 6.45) is 7.80. The summed E-state index contributed by atoms with van der Waals surface area (Å²) in [4.78, 5) is 28.7. The number of pyridine rings is 1. The Morgan fingerprint density at radius 2 is 2.08 bits per heavy atom. The number of amides is 1. The van der Waals surface area contributed by atoms with E-state index in [-0.39, 0.29) is 17.9 Å². The lowest BCUT2D eigenvalue weighted by Crippen LogP contribution is -2.47. The second-order valence-corrected chi connectivity index (χ2v) is 7.71. The van der Waals surface area contributed by atoms with E-state index in [1.165, 1.54) is 44.1 Å². The van der Waals surface area contributed by atoms with Crippen molar-refractivity contribution >= 4 is 33.3 Å². The highest BCUT2D eigenvalue weighted by molar-refractivity contribution is 7.17. The summed E-state index contributed by atoms with van der Waals surface area (Å²) in [5, 5.41) is 5.66. The first kappa shape index (κ1) is 15.6. The molecule has 2 aromatic heterocycles. The smallest absolute Gasteiger partial charge is 0.339 e. The number of carbonyl (C=O) groups excluding carboxylic acids is 2. The van der Waals surface area contributed by atoms with Crippen LogP contribution >= 0.6 is 11.3 Å². The third kappa shape index (κ3) is 2.69. The molecule has 0 spiro atoms. The Labute approximate surface area is 144 Å². The molecule has 1 unspecified atom stereocenters. The maximum atomic E-state index is 12.6. The van der Waals surface area contributed by atoms with Gasteiger partial charge < -0.3 is 10.1 Å². The van der Waals surface area contributed by atoms with Crippen molar-refractivity contribution in [1.29, 1.82) is 0 Å². The van der Waals surface area contributed by atoms with Crippen molar-refractivity contribution in [3.05, 3.63) is 28.9 Å². The fourth-order valence-corrected chi connectivity index (χ4v) is 5.00. The van der Waals surface area contributed by atoms with Crippen LogP contribution in [-0.2, 0) is 4.74 Å². The van der Waals surface area contributed by atoms with E-state index in [2.05, 4.69) is 10.3 Å². The van der Waals surface area contributed by atoms with Crippen LogP contribution in [0.5, 0.6) is 0 Å². The van der Waals surface area contributed by atoms with Gasteiger partial charge >= 0.3 is 5.97 Å². The summed E-state index contributed by atoms with van der Waals surface area (Å²) >= 11 is 1.43. The first-order valence-electron chi connectivity index (χ1n) is 8.42. The van der Waals surface area contributed by atoms with Crippen LogP contribution in [0.3, 0.4) is 0 Å². The number of hydrogen-bond donors (Lipinski definition) is 1. The molecular formula is C18H20N2O3S. The maximum Gasteiger partial charge on any atom is 0.339 e. The van der Waals surface area contributed by atoms with Crippen molar-refractivity contribution in [1.82, 2.24) is 10.3 Å². The summed E-state index contributed by atoms with van der Waals surface area (Å²) in [6.45, 7) is 0. The molecule has 2 bridgehead atoms. The molecule has 3 fully saturated rings. The molecule has 5 nitrogen and oxygen atoms in total. The first-order chi connectivity index (χ1) is 11.7. The van der Waals surface area contributed by atoms with Crippen molar-refractivity contribution in [2.45, 2.75) is 38.1 Å².